The van der Waals surface area contributed by atoms with Crippen LogP contribution in [0.15, 0.2) is 108 Å². The predicted molar refractivity (Wildman–Crippen MR) is 161 cm³/mol. The summed E-state index contributed by atoms with van der Waals surface area (Å²) in [6.45, 7) is 3.04. The van der Waals surface area contributed by atoms with Crippen molar-refractivity contribution >= 4 is 38.9 Å². The van der Waals surface area contributed by atoms with Gasteiger partial charge in [-0.05, 0) is 110 Å². The number of rotatable bonds is 9. The number of benzene rings is 4. The van der Waals surface area contributed by atoms with Crippen molar-refractivity contribution in [2.24, 2.45) is 5.92 Å². The Kier molecular flexibility index (Phi) is 8.85. The summed E-state index contributed by atoms with van der Waals surface area (Å²) in [6.07, 6.45) is 3.55. The molecule has 6 nitrogen and oxygen atoms in total. The third-order valence-corrected chi connectivity index (χ3v) is 8.86. The highest BCUT2D eigenvalue weighted by molar-refractivity contribution is 7.92. The van der Waals surface area contributed by atoms with E-state index in [0.29, 0.717) is 22.0 Å². The molecule has 1 fully saturated rings. The second kappa shape index (κ2) is 12.7. The SMILES string of the molecule is O=C(Nc1ccc(S(=O)(=O)Nc2ccc(Cl)cc2)cc1)c1ccc(CN2CCC(Cc3ccccc3)CC2)cc1. The van der Waals surface area contributed by atoms with Crippen molar-refractivity contribution in [3.63, 3.8) is 0 Å². The van der Waals surface area contributed by atoms with Gasteiger partial charge in [0.1, 0.15) is 0 Å². The van der Waals surface area contributed by atoms with Crippen molar-refractivity contribution in [1.29, 1.82) is 0 Å². The average molecular weight is 574 g/mol. The molecule has 2 N–H and O–H groups in total. The van der Waals surface area contributed by atoms with Crippen LogP contribution >= 0.6 is 11.6 Å². The molecule has 4 aromatic carbocycles. The van der Waals surface area contributed by atoms with Gasteiger partial charge in [-0.15, -0.1) is 0 Å². The summed E-state index contributed by atoms with van der Waals surface area (Å²) in [5.74, 6) is 0.488. The Hall–Kier alpha value is -3.65. The van der Waals surface area contributed by atoms with E-state index in [1.54, 1.807) is 36.4 Å². The number of carbonyl (C=O) groups is 1. The fourth-order valence-corrected chi connectivity index (χ4v) is 6.15. The first-order chi connectivity index (χ1) is 19.3. The Bertz CT molecular complexity index is 1520. The van der Waals surface area contributed by atoms with E-state index in [-0.39, 0.29) is 10.8 Å². The van der Waals surface area contributed by atoms with Gasteiger partial charge in [-0.3, -0.25) is 14.4 Å². The number of anilines is 2. The molecule has 0 aliphatic carbocycles. The lowest BCUT2D eigenvalue weighted by atomic mass is 9.90. The van der Waals surface area contributed by atoms with Crippen molar-refractivity contribution in [2.75, 3.05) is 23.1 Å². The van der Waals surface area contributed by atoms with E-state index in [1.165, 1.54) is 36.1 Å². The van der Waals surface area contributed by atoms with E-state index < -0.39 is 10.0 Å². The number of hydrogen-bond donors (Lipinski definition) is 2. The van der Waals surface area contributed by atoms with Crippen molar-refractivity contribution in [2.45, 2.75) is 30.7 Å². The summed E-state index contributed by atoms with van der Waals surface area (Å²) in [4.78, 5) is 15.4. The van der Waals surface area contributed by atoms with E-state index in [0.717, 1.165) is 32.0 Å². The molecule has 8 heteroatoms. The molecule has 0 aromatic heterocycles. The Labute approximate surface area is 241 Å². The molecule has 0 radical (unpaired) electrons. The van der Waals surface area contributed by atoms with Crippen LogP contribution in [0.3, 0.4) is 0 Å². The van der Waals surface area contributed by atoms with E-state index in [4.69, 9.17) is 11.6 Å². The van der Waals surface area contributed by atoms with Gasteiger partial charge in [0, 0.05) is 28.5 Å². The lowest BCUT2D eigenvalue weighted by Crippen LogP contribution is -2.33. The fraction of sp³-hybridized carbons (Fsp3) is 0.219. The zero-order chi connectivity index (χ0) is 28.0. The lowest BCUT2D eigenvalue weighted by molar-refractivity contribution is 0.102. The minimum atomic E-state index is -3.77. The maximum absolute atomic E-state index is 12.8. The van der Waals surface area contributed by atoms with Gasteiger partial charge in [-0.25, -0.2) is 8.42 Å². The number of piperidine rings is 1. The monoisotopic (exact) mass is 573 g/mol. The zero-order valence-corrected chi connectivity index (χ0v) is 23.7. The van der Waals surface area contributed by atoms with E-state index >= 15 is 0 Å². The molecule has 40 heavy (non-hydrogen) atoms. The van der Waals surface area contributed by atoms with Crippen LogP contribution in [-0.4, -0.2) is 32.3 Å². The minimum absolute atomic E-state index is 0.0916. The molecule has 1 heterocycles. The number of carbonyl (C=O) groups excluding carboxylic acids is 1. The van der Waals surface area contributed by atoms with Crippen molar-refractivity contribution in [3.8, 4) is 0 Å². The van der Waals surface area contributed by atoms with Crippen LogP contribution in [0.25, 0.3) is 0 Å². The van der Waals surface area contributed by atoms with Gasteiger partial charge in [0.15, 0.2) is 0 Å². The van der Waals surface area contributed by atoms with Gasteiger partial charge in [0.05, 0.1) is 4.90 Å². The third kappa shape index (κ3) is 7.50. The molecular weight excluding hydrogens is 542 g/mol. The molecule has 5 rings (SSSR count). The second-order valence-corrected chi connectivity index (χ2v) is 12.3. The summed E-state index contributed by atoms with van der Waals surface area (Å²) >= 11 is 5.86. The molecule has 0 atom stereocenters. The Morgan fingerprint density at radius 3 is 2.05 bits per heavy atom. The summed E-state index contributed by atoms with van der Waals surface area (Å²) in [6, 6.07) is 30.9. The highest BCUT2D eigenvalue weighted by Crippen LogP contribution is 2.24. The summed E-state index contributed by atoms with van der Waals surface area (Å²) in [5.41, 5.74) is 4.07. The van der Waals surface area contributed by atoms with Gasteiger partial charge in [0.25, 0.3) is 15.9 Å². The summed E-state index contributed by atoms with van der Waals surface area (Å²) in [5, 5.41) is 3.36. The first-order valence-electron chi connectivity index (χ1n) is 13.4. The number of nitrogens with one attached hydrogen (secondary N) is 2. The molecule has 0 spiro atoms. The zero-order valence-electron chi connectivity index (χ0n) is 22.1. The molecule has 0 saturated carbocycles. The average Bonchev–Trinajstić information content (AvgIpc) is 2.96. The maximum Gasteiger partial charge on any atom is 0.261 e. The number of amides is 1. The van der Waals surface area contributed by atoms with Crippen LogP contribution in [0.1, 0.15) is 34.3 Å². The van der Waals surface area contributed by atoms with Gasteiger partial charge in [0.2, 0.25) is 0 Å². The minimum Gasteiger partial charge on any atom is -0.322 e. The standard InChI is InChI=1S/C32H32ClN3O3S/c33-28-10-12-30(13-11-28)35-40(38,39)31-16-14-29(15-17-31)34-32(37)27-8-6-26(7-9-27)23-36-20-18-25(19-21-36)22-24-4-2-1-3-5-24/h1-17,25,35H,18-23H2,(H,34,37). The summed E-state index contributed by atoms with van der Waals surface area (Å²) < 4.78 is 27.9. The summed E-state index contributed by atoms with van der Waals surface area (Å²) in [7, 11) is -3.77. The van der Waals surface area contributed by atoms with E-state index in [9.17, 15) is 13.2 Å². The lowest BCUT2D eigenvalue weighted by Gasteiger charge is -2.32. The normalized spacial score (nSPS) is 14.5. The molecule has 1 aliphatic heterocycles. The van der Waals surface area contributed by atoms with Gasteiger partial charge < -0.3 is 5.32 Å². The highest BCUT2D eigenvalue weighted by atomic mass is 35.5. The number of halogens is 1. The van der Waals surface area contributed by atoms with Crippen LogP contribution in [0.4, 0.5) is 11.4 Å². The Balaban J connectivity index is 1.11. The predicted octanol–water partition coefficient (Wildman–Crippen LogP) is 6.85. The first-order valence-corrected chi connectivity index (χ1v) is 15.3. The van der Waals surface area contributed by atoms with Crippen molar-refractivity contribution in [3.05, 3.63) is 125 Å². The van der Waals surface area contributed by atoms with Crippen LogP contribution in [0.2, 0.25) is 5.02 Å². The fourth-order valence-electron chi connectivity index (χ4n) is 4.97. The van der Waals surface area contributed by atoms with Crippen LogP contribution in [-0.2, 0) is 23.0 Å². The van der Waals surface area contributed by atoms with E-state index in [1.807, 2.05) is 24.3 Å². The topological polar surface area (TPSA) is 78.5 Å². The molecule has 1 aliphatic rings. The third-order valence-electron chi connectivity index (χ3n) is 7.22. The van der Waals surface area contributed by atoms with Gasteiger partial charge >= 0.3 is 0 Å². The molecule has 0 unspecified atom stereocenters. The van der Waals surface area contributed by atoms with Gasteiger partial charge in [-0.2, -0.15) is 0 Å². The number of likely N-dealkylation sites (tertiary alicyclic amines) is 1. The van der Waals surface area contributed by atoms with Crippen molar-refractivity contribution < 1.29 is 13.2 Å². The van der Waals surface area contributed by atoms with Crippen molar-refractivity contribution in [1.82, 2.24) is 4.90 Å². The number of hydrogen-bond acceptors (Lipinski definition) is 4. The number of sulfonamides is 1. The Morgan fingerprint density at radius 1 is 0.775 bits per heavy atom. The van der Waals surface area contributed by atoms with E-state index in [2.05, 4.69) is 45.3 Å². The van der Waals surface area contributed by atoms with Crippen LogP contribution in [0, 0.1) is 5.92 Å². The largest absolute Gasteiger partial charge is 0.322 e. The molecule has 1 saturated heterocycles. The molecule has 0 bridgehead atoms. The van der Waals surface area contributed by atoms with Gasteiger partial charge in [-0.1, -0.05) is 54.1 Å². The molecule has 4 aromatic rings. The first kappa shape index (κ1) is 27.9. The van der Waals surface area contributed by atoms with Crippen LogP contribution in [0.5, 0.6) is 0 Å². The quantitative estimate of drug-likeness (QED) is 0.229. The smallest absolute Gasteiger partial charge is 0.261 e. The molecule has 1 amide bonds. The molecular formula is C32H32ClN3O3S. The van der Waals surface area contributed by atoms with Crippen LogP contribution < -0.4 is 10.0 Å². The number of nitrogens with zero attached hydrogens (tertiary/aromatic N) is 1. The second-order valence-electron chi connectivity index (χ2n) is 10.2. The molecule has 206 valence electrons. The highest BCUT2D eigenvalue weighted by Gasteiger charge is 2.20. The Morgan fingerprint density at radius 2 is 1.40 bits per heavy atom. The maximum atomic E-state index is 12.8.